The molecule has 4 rings (SSSR count). The van der Waals surface area contributed by atoms with Crippen LogP contribution in [-0.4, -0.2) is 38.7 Å². The third-order valence-corrected chi connectivity index (χ3v) is 5.28. The number of alkyl halides is 3. The summed E-state index contributed by atoms with van der Waals surface area (Å²) in [6.45, 7) is 4.30. The monoisotopic (exact) mass is 419 g/mol. The molecule has 0 aliphatic carbocycles. The van der Waals surface area contributed by atoms with Crippen LogP contribution in [-0.2, 0) is 16.5 Å². The van der Waals surface area contributed by atoms with Crippen molar-refractivity contribution >= 4 is 11.6 Å². The van der Waals surface area contributed by atoms with Gasteiger partial charge in [-0.15, -0.1) is 0 Å². The van der Waals surface area contributed by atoms with Crippen molar-refractivity contribution in [1.82, 2.24) is 24.9 Å². The van der Waals surface area contributed by atoms with Gasteiger partial charge in [0.15, 0.2) is 5.65 Å². The van der Waals surface area contributed by atoms with E-state index >= 15 is 0 Å². The van der Waals surface area contributed by atoms with Gasteiger partial charge < -0.3 is 10.1 Å². The van der Waals surface area contributed by atoms with E-state index in [1.165, 1.54) is 6.07 Å². The van der Waals surface area contributed by atoms with Crippen LogP contribution in [0.1, 0.15) is 45.7 Å². The zero-order valence-corrected chi connectivity index (χ0v) is 16.5. The highest BCUT2D eigenvalue weighted by Crippen LogP contribution is 2.34. The van der Waals surface area contributed by atoms with Crippen LogP contribution in [0.25, 0.3) is 5.65 Å². The molecule has 4 heterocycles. The maximum Gasteiger partial charge on any atom is 0.417 e. The average Bonchev–Trinajstić information content (AvgIpc) is 3.03. The molecule has 1 amide bonds. The number of aromatic nitrogens is 4. The van der Waals surface area contributed by atoms with E-state index in [2.05, 4.69) is 20.4 Å². The molecule has 0 radical (unpaired) electrons. The molecule has 1 aliphatic rings. The number of amides is 1. The van der Waals surface area contributed by atoms with Gasteiger partial charge in [-0.3, -0.25) is 9.78 Å². The lowest BCUT2D eigenvalue weighted by molar-refractivity contribution is -0.137. The van der Waals surface area contributed by atoms with E-state index in [9.17, 15) is 18.0 Å². The van der Waals surface area contributed by atoms with Gasteiger partial charge in [-0.05, 0) is 44.4 Å². The van der Waals surface area contributed by atoms with Crippen molar-refractivity contribution in [1.29, 1.82) is 0 Å². The summed E-state index contributed by atoms with van der Waals surface area (Å²) in [5.41, 5.74) is 0.735. The van der Waals surface area contributed by atoms with E-state index in [1.54, 1.807) is 23.8 Å². The van der Waals surface area contributed by atoms with E-state index in [4.69, 9.17) is 4.74 Å². The smallest absolute Gasteiger partial charge is 0.381 e. The number of carbonyl (C=O) groups excluding carboxylic acids is 1. The number of ether oxygens (including phenoxy) is 1. The highest BCUT2D eigenvalue weighted by molar-refractivity contribution is 6.01. The number of nitrogens with one attached hydrogen (secondary N) is 1. The second kappa shape index (κ2) is 7.35. The first-order chi connectivity index (χ1) is 14.2. The number of aryl methyl sites for hydroxylation is 2. The van der Waals surface area contributed by atoms with Crippen LogP contribution >= 0.6 is 0 Å². The fourth-order valence-corrected chi connectivity index (χ4v) is 3.69. The molecule has 0 unspecified atom stereocenters. The van der Waals surface area contributed by atoms with E-state index < -0.39 is 23.2 Å². The van der Waals surface area contributed by atoms with Crippen LogP contribution in [0.2, 0.25) is 0 Å². The van der Waals surface area contributed by atoms with Gasteiger partial charge in [-0.1, -0.05) is 0 Å². The summed E-state index contributed by atoms with van der Waals surface area (Å²) >= 11 is 0. The minimum absolute atomic E-state index is 0.327. The quantitative estimate of drug-likeness (QED) is 0.705. The van der Waals surface area contributed by atoms with Crippen LogP contribution in [0.4, 0.5) is 13.2 Å². The molecule has 10 heteroatoms. The molecule has 0 bridgehead atoms. The van der Waals surface area contributed by atoms with E-state index in [-0.39, 0.29) is 0 Å². The maximum absolute atomic E-state index is 13.2. The lowest BCUT2D eigenvalue weighted by atomic mass is 9.85. The van der Waals surface area contributed by atoms with Gasteiger partial charge >= 0.3 is 6.18 Å². The molecule has 7 nitrogen and oxygen atoms in total. The Kier molecular flexibility index (Phi) is 4.97. The van der Waals surface area contributed by atoms with Crippen LogP contribution in [0.15, 0.2) is 30.7 Å². The number of carbonyl (C=O) groups is 1. The Morgan fingerprint density at radius 2 is 1.90 bits per heavy atom. The Labute approximate surface area is 170 Å². The average molecular weight is 419 g/mol. The van der Waals surface area contributed by atoms with Gasteiger partial charge in [-0.2, -0.15) is 18.3 Å². The Balaban J connectivity index is 1.70. The van der Waals surface area contributed by atoms with Crippen molar-refractivity contribution in [3.8, 4) is 0 Å². The largest absolute Gasteiger partial charge is 0.417 e. The standard InChI is InChI=1S/C20H20F3N5O2/c1-12-9-25-17-16(13(2)27-28(17)11-12)18(29)26-19(5-7-30-8-6-19)15-4-3-14(10-24-15)20(21,22)23/h3-4,9-11H,5-8H2,1-2H3,(H,26,29). The SMILES string of the molecule is Cc1cnc2c(C(=O)NC3(c4ccc(C(F)(F)F)cn4)CCOCC3)c(C)nn2c1. The molecule has 0 aromatic carbocycles. The zero-order chi connectivity index (χ0) is 21.5. The van der Waals surface area contributed by atoms with Crippen molar-refractivity contribution < 1.29 is 22.7 Å². The van der Waals surface area contributed by atoms with Crippen LogP contribution in [0.3, 0.4) is 0 Å². The Morgan fingerprint density at radius 1 is 1.17 bits per heavy atom. The highest BCUT2D eigenvalue weighted by atomic mass is 19.4. The van der Waals surface area contributed by atoms with E-state index in [1.807, 2.05) is 6.92 Å². The van der Waals surface area contributed by atoms with Gasteiger partial charge in [0, 0.05) is 31.8 Å². The normalized spacial score (nSPS) is 16.6. The third-order valence-electron chi connectivity index (χ3n) is 5.28. The third kappa shape index (κ3) is 3.62. The number of pyridine rings is 1. The van der Waals surface area contributed by atoms with E-state index in [0.717, 1.165) is 17.8 Å². The molecular formula is C20H20F3N5O2. The van der Waals surface area contributed by atoms with Gasteiger partial charge in [0.1, 0.15) is 5.56 Å². The summed E-state index contributed by atoms with van der Waals surface area (Å²) in [4.78, 5) is 21.6. The predicted octanol–water partition coefficient (Wildman–Crippen LogP) is 3.20. The summed E-state index contributed by atoms with van der Waals surface area (Å²) in [5, 5.41) is 7.35. The van der Waals surface area contributed by atoms with Crippen molar-refractivity contribution in [2.24, 2.45) is 0 Å². The number of nitrogens with zero attached hydrogens (tertiary/aromatic N) is 4. The Hall–Kier alpha value is -3.01. The first kappa shape index (κ1) is 20.3. The van der Waals surface area contributed by atoms with Gasteiger partial charge in [0.2, 0.25) is 0 Å². The van der Waals surface area contributed by atoms with Gasteiger partial charge in [0.05, 0.1) is 22.5 Å². The Bertz CT molecular complexity index is 1090. The van der Waals surface area contributed by atoms with Crippen LogP contribution < -0.4 is 5.32 Å². The number of hydrogen-bond donors (Lipinski definition) is 1. The second-order valence-electron chi connectivity index (χ2n) is 7.44. The number of rotatable bonds is 3. The fourth-order valence-electron chi connectivity index (χ4n) is 3.69. The first-order valence-electron chi connectivity index (χ1n) is 9.45. The maximum atomic E-state index is 13.2. The Morgan fingerprint density at radius 3 is 2.53 bits per heavy atom. The molecule has 1 fully saturated rings. The molecule has 158 valence electrons. The minimum Gasteiger partial charge on any atom is -0.381 e. The lowest BCUT2D eigenvalue weighted by Crippen LogP contribution is -2.50. The molecule has 0 spiro atoms. The molecular weight excluding hydrogens is 399 g/mol. The van der Waals surface area contributed by atoms with Crippen molar-refractivity contribution in [2.75, 3.05) is 13.2 Å². The van der Waals surface area contributed by atoms with Gasteiger partial charge in [0.25, 0.3) is 5.91 Å². The predicted molar refractivity (Wildman–Crippen MR) is 101 cm³/mol. The summed E-state index contributed by atoms with van der Waals surface area (Å²) in [6, 6.07) is 2.30. The van der Waals surface area contributed by atoms with Crippen molar-refractivity contribution in [2.45, 2.75) is 38.4 Å². The number of halogens is 3. The highest BCUT2D eigenvalue weighted by Gasteiger charge is 2.39. The zero-order valence-electron chi connectivity index (χ0n) is 16.5. The summed E-state index contributed by atoms with van der Waals surface area (Å²) in [7, 11) is 0. The minimum atomic E-state index is -4.48. The van der Waals surface area contributed by atoms with Crippen molar-refractivity contribution in [3.05, 3.63) is 58.8 Å². The molecule has 3 aromatic rings. The number of fused-ring (bicyclic) bond motifs is 1. The lowest BCUT2D eigenvalue weighted by Gasteiger charge is -2.37. The first-order valence-corrected chi connectivity index (χ1v) is 9.45. The molecule has 0 atom stereocenters. The summed E-state index contributed by atoms with van der Waals surface area (Å²) < 4.78 is 45.7. The van der Waals surface area contributed by atoms with E-state index in [0.29, 0.717) is 48.7 Å². The van der Waals surface area contributed by atoms with Crippen LogP contribution in [0, 0.1) is 13.8 Å². The molecule has 1 aliphatic heterocycles. The second-order valence-corrected chi connectivity index (χ2v) is 7.44. The molecule has 1 saturated heterocycles. The molecule has 30 heavy (non-hydrogen) atoms. The summed E-state index contributed by atoms with van der Waals surface area (Å²) in [6.07, 6.45) is 0.519. The molecule has 3 aromatic heterocycles. The summed E-state index contributed by atoms with van der Waals surface area (Å²) in [5.74, 6) is -0.401. The van der Waals surface area contributed by atoms with Gasteiger partial charge in [-0.25, -0.2) is 9.50 Å². The molecule has 0 saturated carbocycles. The fraction of sp³-hybridized carbons (Fsp3) is 0.400. The topological polar surface area (TPSA) is 81.4 Å². The molecule has 1 N–H and O–H groups in total. The van der Waals surface area contributed by atoms with Crippen molar-refractivity contribution in [3.63, 3.8) is 0 Å². The number of hydrogen-bond acceptors (Lipinski definition) is 5. The van der Waals surface area contributed by atoms with Crippen LogP contribution in [0.5, 0.6) is 0 Å².